The summed E-state index contributed by atoms with van der Waals surface area (Å²) in [6.07, 6.45) is 12.5. The number of hydrogen-bond acceptors (Lipinski definition) is 2. The van der Waals surface area contributed by atoms with Gasteiger partial charge < -0.3 is 11.1 Å². The van der Waals surface area contributed by atoms with E-state index < -0.39 is 0 Å². The van der Waals surface area contributed by atoms with Gasteiger partial charge in [-0.25, -0.2) is 0 Å². The fourth-order valence-electron chi connectivity index (χ4n) is 3.18. The monoisotopic (exact) mass is 210 g/mol. The third kappa shape index (κ3) is 3.46. The summed E-state index contributed by atoms with van der Waals surface area (Å²) in [4.78, 5) is 0. The van der Waals surface area contributed by atoms with E-state index in [1.165, 1.54) is 64.3 Å². The number of nitrogens with two attached hydrogens (primary N) is 1. The largest absolute Gasteiger partial charge is 0.326 e. The summed E-state index contributed by atoms with van der Waals surface area (Å²) >= 11 is 0. The molecule has 15 heavy (non-hydrogen) atoms. The summed E-state index contributed by atoms with van der Waals surface area (Å²) in [6.45, 7) is 1.20. The maximum Gasteiger partial charge on any atom is 0.0219 e. The molecule has 0 amide bonds. The lowest BCUT2D eigenvalue weighted by Gasteiger charge is -2.29. The molecule has 0 saturated heterocycles. The van der Waals surface area contributed by atoms with Crippen LogP contribution in [0.3, 0.4) is 0 Å². The highest BCUT2D eigenvalue weighted by Crippen LogP contribution is 2.27. The van der Waals surface area contributed by atoms with Crippen molar-refractivity contribution in [1.82, 2.24) is 5.32 Å². The van der Waals surface area contributed by atoms with Gasteiger partial charge in [0.1, 0.15) is 0 Å². The Labute approximate surface area is 94.0 Å². The van der Waals surface area contributed by atoms with Crippen molar-refractivity contribution in [2.24, 2.45) is 11.7 Å². The summed E-state index contributed by atoms with van der Waals surface area (Å²) in [5, 5.41) is 3.67. The molecule has 0 aliphatic heterocycles. The second-order valence-corrected chi connectivity index (χ2v) is 5.45. The van der Waals surface area contributed by atoms with Gasteiger partial charge in [-0.3, -0.25) is 0 Å². The Morgan fingerprint density at radius 3 is 2.33 bits per heavy atom. The van der Waals surface area contributed by atoms with Gasteiger partial charge in [0.05, 0.1) is 0 Å². The Morgan fingerprint density at radius 2 is 1.60 bits per heavy atom. The maximum atomic E-state index is 6.11. The molecule has 2 heteroatoms. The molecule has 0 aromatic heterocycles. The molecule has 2 unspecified atom stereocenters. The van der Waals surface area contributed by atoms with Gasteiger partial charge in [-0.15, -0.1) is 0 Å². The SMILES string of the molecule is NC1CCCCC1NCCC1CCCC1. The first kappa shape index (κ1) is 11.4. The van der Waals surface area contributed by atoms with Gasteiger partial charge in [-0.05, 0) is 31.7 Å². The van der Waals surface area contributed by atoms with Crippen LogP contribution in [0, 0.1) is 5.92 Å². The third-order valence-corrected chi connectivity index (χ3v) is 4.25. The molecule has 0 heterocycles. The molecule has 2 rings (SSSR count). The highest BCUT2D eigenvalue weighted by Gasteiger charge is 2.21. The van der Waals surface area contributed by atoms with E-state index >= 15 is 0 Å². The Bertz CT molecular complexity index is 175. The Kier molecular flexibility index (Phi) is 4.45. The van der Waals surface area contributed by atoms with Gasteiger partial charge in [-0.1, -0.05) is 38.5 Å². The van der Waals surface area contributed by atoms with Crippen LogP contribution in [0.2, 0.25) is 0 Å². The van der Waals surface area contributed by atoms with Crippen LogP contribution < -0.4 is 11.1 Å². The van der Waals surface area contributed by atoms with Crippen molar-refractivity contribution in [3.8, 4) is 0 Å². The molecule has 0 spiro atoms. The van der Waals surface area contributed by atoms with E-state index in [1.807, 2.05) is 0 Å². The van der Waals surface area contributed by atoms with E-state index in [-0.39, 0.29) is 0 Å². The Hall–Kier alpha value is -0.0800. The molecule has 2 fully saturated rings. The van der Waals surface area contributed by atoms with Crippen LogP contribution in [0.5, 0.6) is 0 Å². The second kappa shape index (κ2) is 5.86. The highest BCUT2D eigenvalue weighted by atomic mass is 15.0. The second-order valence-electron chi connectivity index (χ2n) is 5.45. The van der Waals surface area contributed by atoms with Crippen LogP contribution >= 0.6 is 0 Å². The minimum Gasteiger partial charge on any atom is -0.326 e. The number of nitrogens with one attached hydrogen (secondary N) is 1. The zero-order valence-electron chi connectivity index (χ0n) is 9.88. The van der Waals surface area contributed by atoms with Crippen LogP contribution in [-0.2, 0) is 0 Å². The van der Waals surface area contributed by atoms with Gasteiger partial charge in [0, 0.05) is 12.1 Å². The first-order valence-corrected chi connectivity index (χ1v) is 6.85. The molecule has 0 aromatic rings. The molecule has 0 radical (unpaired) electrons. The van der Waals surface area contributed by atoms with Gasteiger partial charge in [0.25, 0.3) is 0 Å². The average Bonchev–Trinajstić information content (AvgIpc) is 2.74. The van der Waals surface area contributed by atoms with E-state index in [0.29, 0.717) is 12.1 Å². The molecule has 2 atom stereocenters. The van der Waals surface area contributed by atoms with Crippen molar-refractivity contribution < 1.29 is 0 Å². The summed E-state index contributed by atoms with van der Waals surface area (Å²) in [5.74, 6) is 1.01. The van der Waals surface area contributed by atoms with Crippen LogP contribution in [0.15, 0.2) is 0 Å². The highest BCUT2D eigenvalue weighted by molar-refractivity contribution is 4.83. The summed E-state index contributed by atoms with van der Waals surface area (Å²) in [6, 6.07) is 1.03. The van der Waals surface area contributed by atoms with Crippen LogP contribution in [0.25, 0.3) is 0 Å². The quantitative estimate of drug-likeness (QED) is 0.748. The lowest BCUT2D eigenvalue weighted by molar-refractivity contribution is 0.318. The van der Waals surface area contributed by atoms with Crippen molar-refractivity contribution in [1.29, 1.82) is 0 Å². The standard InChI is InChI=1S/C13H26N2/c14-12-7-3-4-8-13(12)15-10-9-11-5-1-2-6-11/h11-13,15H,1-10,14H2. The van der Waals surface area contributed by atoms with E-state index in [9.17, 15) is 0 Å². The lowest BCUT2D eigenvalue weighted by Crippen LogP contribution is -2.47. The normalized spacial score (nSPS) is 33.4. The van der Waals surface area contributed by atoms with Gasteiger partial charge in [0.2, 0.25) is 0 Å². The van der Waals surface area contributed by atoms with Crippen LogP contribution in [0.1, 0.15) is 57.8 Å². The Balaban J connectivity index is 1.59. The van der Waals surface area contributed by atoms with Crippen molar-refractivity contribution in [3.05, 3.63) is 0 Å². The van der Waals surface area contributed by atoms with Gasteiger partial charge in [0.15, 0.2) is 0 Å². The zero-order valence-corrected chi connectivity index (χ0v) is 9.88. The predicted octanol–water partition coefficient (Wildman–Crippen LogP) is 2.43. The van der Waals surface area contributed by atoms with Crippen molar-refractivity contribution in [2.75, 3.05) is 6.54 Å². The minimum atomic E-state index is 0.419. The first-order valence-electron chi connectivity index (χ1n) is 6.85. The van der Waals surface area contributed by atoms with Crippen molar-refractivity contribution >= 4 is 0 Å². The van der Waals surface area contributed by atoms with E-state index in [0.717, 1.165) is 5.92 Å². The molecular weight excluding hydrogens is 184 g/mol. The molecule has 88 valence electrons. The molecule has 2 nitrogen and oxygen atoms in total. The Morgan fingerprint density at radius 1 is 0.933 bits per heavy atom. The van der Waals surface area contributed by atoms with Crippen molar-refractivity contribution in [2.45, 2.75) is 69.9 Å². The lowest BCUT2D eigenvalue weighted by atomic mass is 9.91. The molecule has 0 bridgehead atoms. The van der Waals surface area contributed by atoms with Crippen LogP contribution in [0.4, 0.5) is 0 Å². The molecule has 0 aromatic carbocycles. The molecule has 2 aliphatic rings. The van der Waals surface area contributed by atoms with E-state index in [2.05, 4.69) is 5.32 Å². The summed E-state index contributed by atoms with van der Waals surface area (Å²) < 4.78 is 0. The van der Waals surface area contributed by atoms with E-state index in [4.69, 9.17) is 5.73 Å². The van der Waals surface area contributed by atoms with E-state index in [1.54, 1.807) is 0 Å². The van der Waals surface area contributed by atoms with Gasteiger partial charge >= 0.3 is 0 Å². The molecule has 2 saturated carbocycles. The molecular formula is C13H26N2. The molecule has 2 aliphatic carbocycles. The average molecular weight is 210 g/mol. The fourth-order valence-corrected chi connectivity index (χ4v) is 3.18. The first-order chi connectivity index (χ1) is 7.36. The smallest absolute Gasteiger partial charge is 0.0219 e. The zero-order chi connectivity index (χ0) is 10.5. The van der Waals surface area contributed by atoms with Crippen molar-refractivity contribution in [3.63, 3.8) is 0 Å². The number of hydrogen-bond donors (Lipinski definition) is 2. The maximum absolute atomic E-state index is 6.11. The minimum absolute atomic E-state index is 0.419. The third-order valence-electron chi connectivity index (χ3n) is 4.25. The summed E-state index contributed by atoms with van der Waals surface area (Å²) in [5.41, 5.74) is 6.11. The fraction of sp³-hybridized carbons (Fsp3) is 1.00. The van der Waals surface area contributed by atoms with Gasteiger partial charge in [-0.2, -0.15) is 0 Å². The predicted molar refractivity (Wildman–Crippen MR) is 64.8 cm³/mol. The number of rotatable bonds is 4. The topological polar surface area (TPSA) is 38.0 Å². The van der Waals surface area contributed by atoms with Crippen LogP contribution in [-0.4, -0.2) is 18.6 Å². The molecule has 3 N–H and O–H groups in total. The summed E-state index contributed by atoms with van der Waals surface area (Å²) in [7, 11) is 0.